The number of aryl methyl sites for hydroxylation is 1. The lowest BCUT2D eigenvalue weighted by Gasteiger charge is -2.09. The van der Waals surface area contributed by atoms with E-state index in [0.717, 1.165) is 16.9 Å². The summed E-state index contributed by atoms with van der Waals surface area (Å²) in [6.07, 6.45) is 3.21. The first-order valence-corrected chi connectivity index (χ1v) is 11.0. The van der Waals surface area contributed by atoms with Crippen LogP contribution in [0.1, 0.15) is 31.3 Å². The van der Waals surface area contributed by atoms with Crippen molar-refractivity contribution >= 4 is 34.8 Å². The van der Waals surface area contributed by atoms with Gasteiger partial charge < -0.3 is 4.74 Å². The fourth-order valence-corrected chi connectivity index (χ4v) is 3.84. The first kappa shape index (κ1) is 22.4. The van der Waals surface area contributed by atoms with Crippen LogP contribution in [0.2, 0.25) is 5.02 Å². The minimum absolute atomic E-state index is 0.346. The molecule has 2 aromatic heterocycles. The highest BCUT2D eigenvalue weighted by molar-refractivity contribution is 7.17. The van der Waals surface area contributed by atoms with Gasteiger partial charge in [-0.15, -0.1) is 11.3 Å². The molecule has 0 aliphatic rings. The Morgan fingerprint density at radius 2 is 1.64 bits per heavy atom. The molecule has 0 saturated heterocycles. The Balaban J connectivity index is 1.31. The molecule has 4 aromatic rings. The van der Waals surface area contributed by atoms with Gasteiger partial charge in [-0.2, -0.15) is 0 Å². The zero-order chi connectivity index (χ0) is 23.2. The summed E-state index contributed by atoms with van der Waals surface area (Å²) in [5.41, 5.74) is 6.66. The molecule has 2 amide bonds. The number of rotatable bonds is 6. The normalized spacial score (nSPS) is 10.5. The molecule has 0 saturated carbocycles. The summed E-state index contributed by atoms with van der Waals surface area (Å²) in [5, 5.41) is 1.17. The van der Waals surface area contributed by atoms with Gasteiger partial charge in [-0.1, -0.05) is 23.7 Å². The Bertz CT molecular complexity index is 1260. The molecule has 2 N–H and O–H groups in total. The monoisotopic (exact) mass is 479 g/mol. The predicted molar refractivity (Wildman–Crippen MR) is 125 cm³/mol. The summed E-state index contributed by atoms with van der Waals surface area (Å²) in [6.45, 7) is 2.06. The third-order valence-electron chi connectivity index (χ3n) is 4.48. The van der Waals surface area contributed by atoms with Gasteiger partial charge in [0.25, 0.3) is 11.8 Å². The number of thiazole rings is 1. The summed E-state index contributed by atoms with van der Waals surface area (Å²) in [7, 11) is 0. The number of benzene rings is 2. The molecule has 10 heteroatoms. The van der Waals surface area contributed by atoms with E-state index in [0.29, 0.717) is 44.3 Å². The molecule has 166 valence electrons. The molecule has 2 aromatic carbocycles. The molecule has 0 atom stereocenters. The van der Waals surface area contributed by atoms with E-state index in [1.807, 2.05) is 0 Å². The summed E-state index contributed by atoms with van der Waals surface area (Å²) in [4.78, 5) is 37.9. The van der Waals surface area contributed by atoms with Crippen molar-refractivity contribution in [3.63, 3.8) is 0 Å². The molecule has 33 heavy (non-hydrogen) atoms. The number of hydrogen-bond donors (Lipinski definition) is 2. The van der Waals surface area contributed by atoms with Gasteiger partial charge in [-0.05, 0) is 55.0 Å². The Hall–Kier alpha value is -3.82. The van der Waals surface area contributed by atoms with Crippen molar-refractivity contribution in [1.29, 1.82) is 0 Å². The zero-order valence-electron chi connectivity index (χ0n) is 17.4. The lowest BCUT2D eigenvalue weighted by Crippen LogP contribution is -2.41. The van der Waals surface area contributed by atoms with Crippen LogP contribution in [0.5, 0.6) is 5.75 Å². The number of ether oxygens (including phenoxy) is 1. The number of nitrogens with one attached hydrogen (secondary N) is 2. The molecule has 0 unspecified atom stereocenters. The SMILES string of the molecule is Cc1nc(-c2ncccn2)sc1C(=O)NNC(=O)c1ccc(COc2ccc(Cl)cc2)cc1. The number of amides is 2. The Morgan fingerprint density at radius 1 is 0.970 bits per heavy atom. The van der Waals surface area contributed by atoms with E-state index in [-0.39, 0.29) is 0 Å². The van der Waals surface area contributed by atoms with Crippen LogP contribution in [0.3, 0.4) is 0 Å². The average molecular weight is 480 g/mol. The first-order chi connectivity index (χ1) is 16.0. The van der Waals surface area contributed by atoms with Gasteiger partial charge in [0.2, 0.25) is 0 Å². The Kier molecular flexibility index (Phi) is 6.92. The maximum absolute atomic E-state index is 12.5. The van der Waals surface area contributed by atoms with E-state index in [4.69, 9.17) is 16.3 Å². The average Bonchev–Trinajstić information content (AvgIpc) is 3.24. The van der Waals surface area contributed by atoms with E-state index in [2.05, 4.69) is 25.8 Å². The quantitative estimate of drug-likeness (QED) is 0.401. The second-order valence-corrected chi connectivity index (χ2v) is 8.29. The van der Waals surface area contributed by atoms with Crippen molar-refractivity contribution in [2.45, 2.75) is 13.5 Å². The van der Waals surface area contributed by atoms with Crippen LogP contribution in [0.15, 0.2) is 67.0 Å². The minimum atomic E-state index is -0.464. The van der Waals surface area contributed by atoms with E-state index >= 15 is 0 Å². The smallest absolute Gasteiger partial charge is 0.281 e. The van der Waals surface area contributed by atoms with Crippen molar-refractivity contribution < 1.29 is 14.3 Å². The molecule has 0 bridgehead atoms. The van der Waals surface area contributed by atoms with Gasteiger partial charge in [0.15, 0.2) is 10.8 Å². The van der Waals surface area contributed by atoms with Gasteiger partial charge >= 0.3 is 0 Å². The zero-order valence-corrected chi connectivity index (χ0v) is 19.0. The first-order valence-electron chi connectivity index (χ1n) is 9.82. The number of nitrogens with zero attached hydrogens (tertiary/aromatic N) is 3. The van der Waals surface area contributed by atoms with Crippen LogP contribution in [-0.4, -0.2) is 26.8 Å². The van der Waals surface area contributed by atoms with Crippen molar-refractivity contribution in [3.8, 4) is 16.6 Å². The second kappa shape index (κ2) is 10.2. The number of hydrogen-bond acceptors (Lipinski definition) is 7. The predicted octanol–water partition coefficient (Wildman–Crippen LogP) is 4.22. The van der Waals surface area contributed by atoms with Crippen LogP contribution in [0.4, 0.5) is 0 Å². The van der Waals surface area contributed by atoms with Crippen molar-refractivity contribution in [3.05, 3.63) is 93.7 Å². The summed E-state index contributed by atoms with van der Waals surface area (Å²) < 4.78 is 5.69. The Morgan fingerprint density at radius 3 is 2.33 bits per heavy atom. The Labute approximate surface area is 198 Å². The van der Waals surface area contributed by atoms with Gasteiger partial charge in [-0.25, -0.2) is 15.0 Å². The molecule has 8 nitrogen and oxygen atoms in total. The van der Waals surface area contributed by atoms with Gasteiger partial charge in [-0.3, -0.25) is 20.4 Å². The van der Waals surface area contributed by atoms with Crippen molar-refractivity contribution in [1.82, 2.24) is 25.8 Å². The van der Waals surface area contributed by atoms with Gasteiger partial charge in [0.05, 0.1) is 5.69 Å². The molecule has 0 spiro atoms. The van der Waals surface area contributed by atoms with Crippen LogP contribution in [-0.2, 0) is 6.61 Å². The molecule has 0 fully saturated rings. The van der Waals surface area contributed by atoms with E-state index in [9.17, 15) is 9.59 Å². The highest BCUT2D eigenvalue weighted by Crippen LogP contribution is 2.25. The lowest BCUT2D eigenvalue weighted by molar-refractivity contribution is 0.0848. The largest absolute Gasteiger partial charge is 0.489 e. The maximum Gasteiger partial charge on any atom is 0.281 e. The molecule has 2 heterocycles. The third kappa shape index (κ3) is 5.71. The van der Waals surface area contributed by atoms with Gasteiger partial charge in [0, 0.05) is 23.0 Å². The second-order valence-electron chi connectivity index (χ2n) is 6.85. The van der Waals surface area contributed by atoms with E-state index in [1.165, 1.54) is 0 Å². The molecule has 4 rings (SSSR count). The highest BCUT2D eigenvalue weighted by Gasteiger charge is 2.18. The maximum atomic E-state index is 12.5. The minimum Gasteiger partial charge on any atom is -0.489 e. The highest BCUT2D eigenvalue weighted by atomic mass is 35.5. The number of hydrazine groups is 1. The van der Waals surface area contributed by atoms with E-state index < -0.39 is 11.8 Å². The summed E-state index contributed by atoms with van der Waals surface area (Å²) in [5.74, 6) is 0.230. The number of carbonyl (C=O) groups is 2. The van der Waals surface area contributed by atoms with E-state index in [1.54, 1.807) is 73.9 Å². The number of halogens is 1. The third-order valence-corrected chi connectivity index (χ3v) is 5.89. The number of aromatic nitrogens is 3. The fourth-order valence-electron chi connectivity index (χ4n) is 2.80. The lowest BCUT2D eigenvalue weighted by atomic mass is 10.1. The van der Waals surface area contributed by atoms with Crippen LogP contribution in [0.25, 0.3) is 10.8 Å². The van der Waals surface area contributed by atoms with Gasteiger partial charge in [0.1, 0.15) is 17.2 Å². The fraction of sp³-hybridized carbons (Fsp3) is 0.0870. The molecule has 0 aliphatic carbocycles. The van der Waals surface area contributed by atoms with Crippen LogP contribution >= 0.6 is 22.9 Å². The van der Waals surface area contributed by atoms with Crippen molar-refractivity contribution in [2.75, 3.05) is 0 Å². The van der Waals surface area contributed by atoms with Crippen LogP contribution in [0, 0.1) is 6.92 Å². The summed E-state index contributed by atoms with van der Waals surface area (Å²) in [6, 6.07) is 15.7. The number of carbonyl (C=O) groups excluding carboxylic acids is 2. The molecular formula is C23H18ClN5O3S. The molecule has 0 aliphatic heterocycles. The van der Waals surface area contributed by atoms with Crippen molar-refractivity contribution in [2.24, 2.45) is 0 Å². The topological polar surface area (TPSA) is 106 Å². The molecule has 0 radical (unpaired) electrons. The molecular weight excluding hydrogens is 462 g/mol. The standard InChI is InChI=1S/C23H18ClN5O3S/c1-14-19(33-23(27-14)20-25-11-2-12-26-20)22(31)29-28-21(30)16-5-3-15(4-6-16)13-32-18-9-7-17(24)8-10-18/h2-12H,13H2,1H3,(H,28,30)(H,29,31). The van der Waals surface area contributed by atoms with Crippen LogP contribution < -0.4 is 15.6 Å². The summed E-state index contributed by atoms with van der Waals surface area (Å²) >= 11 is 7.02.